The molecule has 0 aromatic heterocycles. The van der Waals surface area contributed by atoms with Crippen molar-refractivity contribution in [2.45, 2.75) is 16.2 Å². The lowest BCUT2D eigenvalue weighted by Gasteiger charge is -2.17. The molecule has 0 radical (unpaired) electrons. The Morgan fingerprint density at radius 3 is 2.57 bits per heavy atom. The van der Waals surface area contributed by atoms with Gasteiger partial charge in [-0.05, 0) is 54.4 Å². The van der Waals surface area contributed by atoms with Gasteiger partial charge in [0, 0.05) is 16.3 Å². The minimum absolute atomic E-state index is 0.897. The van der Waals surface area contributed by atoms with Crippen LogP contribution in [-0.2, 0) is 0 Å². The number of methoxy groups -OCH3 is 1. The predicted octanol–water partition coefficient (Wildman–Crippen LogP) is 4.22. The number of ether oxygens (including phenoxy) is 1. The SMILES string of the molecule is COc1ccc(Sc2ccccc2C2=CCNCC2)cc1. The Morgan fingerprint density at radius 2 is 1.86 bits per heavy atom. The van der Waals surface area contributed by atoms with E-state index in [1.807, 2.05) is 23.9 Å². The average molecular weight is 297 g/mol. The van der Waals surface area contributed by atoms with Crippen LogP contribution in [-0.4, -0.2) is 20.2 Å². The summed E-state index contributed by atoms with van der Waals surface area (Å²) in [7, 11) is 1.70. The van der Waals surface area contributed by atoms with Crippen LogP contribution in [0.3, 0.4) is 0 Å². The summed E-state index contributed by atoms with van der Waals surface area (Å²) >= 11 is 1.81. The Labute approximate surface area is 130 Å². The van der Waals surface area contributed by atoms with E-state index in [4.69, 9.17) is 4.74 Å². The van der Waals surface area contributed by atoms with Crippen molar-refractivity contribution in [3.63, 3.8) is 0 Å². The summed E-state index contributed by atoms with van der Waals surface area (Å²) in [5.41, 5.74) is 2.81. The molecule has 0 unspecified atom stereocenters. The number of benzene rings is 2. The molecule has 1 aliphatic rings. The summed E-state index contributed by atoms with van der Waals surface area (Å²) in [5, 5.41) is 3.37. The number of hydrogen-bond donors (Lipinski definition) is 1. The van der Waals surface area contributed by atoms with E-state index in [-0.39, 0.29) is 0 Å². The van der Waals surface area contributed by atoms with Gasteiger partial charge in [0.05, 0.1) is 7.11 Å². The van der Waals surface area contributed by atoms with Crippen molar-refractivity contribution in [1.29, 1.82) is 0 Å². The molecule has 1 N–H and O–H groups in total. The third-order valence-electron chi connectivity index (χ3n) is 3.58. The molecule has 0 fully saturated rings. The van der Waals surface area contributed by atoms with Gasteiger partial charge in [-0.15, -0.1) is 0 Å². The molecule has 1 aliphatic heterocycles. The summed E-state index contributed by atoms with van der Waals surface area (Å²) in [6, 6.07) is 16.9. The fourth-order valence-electron chi connectivity index (χ4n) is 2.46. The summed E-state index contributed by atoms with van der Waals surface area (Å²) < 4.78 is 5.21. The molecule has 2 nitrogen and oxygen atoms in total. The Bertz CT molecular complexity index is 634. The van der Waals surface area contributed by atoms with Gasteiger partial charge in [0.2, 0.25) is 0 Å². The van der Waals surface area contributed by atoms with Crippen LogP contribution in [0, 0.1) is 0 Å². The van der Waals surface area contributed by atoms with E-state index in [0.29, 0.717) is 0 Å². The maximum Gasteiger partial charge on any atom is 0.118 e. The van der Waals surface area contributed by atoms with Gasteiger partial charge in [0.1, 0.15) is 5.75 Å². The lowest BCUT2D eigenvalue weighted by molar-refractivity contribution is 0.414. The van der Waals surface area contributed by atoms with E-state index in [2.05, 4.69) is 47.8 Å². The largest absolute Gasteiger partial charge is 0.497 e. The van der Waals surface area contributed by atoms with Gasteiger partial charge in [0.25, 0.3) is 0 Å². The van der Waals surface area contributed by atoms with E-state index in [9.17, 15) is 0 Å². The number of nitrogens with one attached hydrogen (secondary N) is 1. The molecular formula is C18H19NOS. The fourth-order valence-corrected chi connectivity index (χ4v) is 3.44. The lowest BCUT2D eigenvalue weighted by atomic mass is 10.0. The number of rotatable bonds is 4. The molecule has 3 rings (SSSR count). The Kier molecular flexibility index (Phi) is 4.63. The highest BCUT2D eigenvalue weighted by atomic mass is 32.2. The van der Waals surface area contributed by atoms with Crippen molar-refractivity contribution < 1.29 is 4.74 Å². The predicted molar refractivity (Wildman–Crippen MR) is 89.0 cm³/mol. The molecule has 0 amide bonds. The first kappa shape index (κ1) is 14.2. The molecule has 0 atom stereocenters. The first-order valence-corrected chi connectivity index (χ1v) is 7.99. The Balaban J connectivity index is 1.86. The molecule has 0 saturated carbocycles. The van der Waals surface area contributed by atoms with Crippen LogP contribution in [0.5, 0.6) is 5.75 Å². The van der Waals surface area contributed by atoms with Crippen molar-refractivity contribution in [3.8, 4) is 5.75 Å². The molecule has 2 aromatic carbocycles. The zero-order chi connectivity index (χ0) is 14.5. The number of hydrogen-bond acceptors (Lipinski definition) is 3. The van der Waals surface area contributed by atoms with E-state index in [1.54, 1.807) is 7.11 Å². The van der Waals surface area contributed by atoms with Crippen molar-refractivity contribution in [2.75, 3.05) is 20.2 Å². The van der Waals surface area contributed by atoms with Gasteiger partial charge >= 0.3 is 0 Å². The topological polar surface area (TPSA) is 21.3 Å². The first-order chi connectivity index (χ1) is 10.4. The quantitative estimate of drug-likeness (QED) is 0.913. The molecule has 0 bridgehead atoms. The van der Waals surface area contributed by atoms with Crippen LogP contribution in [0.2, 0.25) is 0 Å². The molecular weight excluding hydrogens is 278 g/mol. The third-order valence-corrected chi connectivity index (χ3v) is 4.67. The molecule has 108 valence electrons. The van der Waals surface area contributed by atoms with Crippen molar-refractivity contribution in [1.82, 2.24) is 5.32 Å². The van der Waals surface area contributed by atoms with Gasteiger partial charge in [-0.25, -0.2) is 0 Å². The molecule has 0 aliphatic carbocycles. The second kappa shape index (κ2) is 6.83. The van der Waals surface area contributed by atoms with Gasteiger partial charge in [-0.2, -0.15) is 0 Å². The van der Waals surface area contributed by atoms with Crippen LogP contribution in [0.15, 0.2) is 64.4 Å². The average Bonchev–Trinajstić information content (AvgIpc) is 2.57. The standard InChI is InChI=1S/C18H19NOS/c1-20-15-6-8-16(9-7-15)21-18-5-3-2-4-17(18)14-10-12-19-13-11-14/h2-10,19H,11-13H2,1H3. The normalized spacial score (nSPS) is 14.6. The summed E-state index contributed by atoms with van der Waals surface area (Å²) in [6.07, 6.45) is 3.40. The smallest absolute Gasteiger partial charge is 0.118 e. The zero-order valence-corrected chi connectivity index (χ0v) is 13.0. The van der Waals surface area contributed by atoms with E-state index in [1.165, 1.54) is 20.9 Å². The van der Waals surface area contributed by atoms with E-state index >= 15 is 0 Å². The fraction of sp³-hybridized carbons (Fsp3) is 0.222. The maximum absolute atomic E-state index is 5.21. The van der Waals surface area contributed by atoms with Crippen LogP contribution in [0.1, 0.15) is 12.0 Å². The molecule has 21 heavy (non-hydrogen) atoms. The monoisotopic (exact) mass is 297 g/mol. The van der Waals surface area contributed by atoms with Gasteiger partial charge in [0.15, 0.2) is 0 Å². The second-order valence-corrected chi connectivity index (χ2v) is 6.07. The molecule has 1 heterocycles. The van der Waals surface area contributed by atoms with Crippen LogP contribution >= 0.6 is 11.8 Å². The lowest BCUT2D eigenvalue weighted by Crippen LogP contribution is -2.20. The van der Waals surface area contributed by atoms with E-state index in [0.717, 1.165) is 25.3 Å². The van der Waals surface area contributed by atoms with Crippen molar-refractivity contribution >= 4 is 17.3 Å². The maximum atomic E-state index is 5.21. The summed E-state index contributed by atoms with van der Waals surface area (Å²) in [5.74, 6) is 0.897. The second-order valence-electron chi connectivity index (χ2n) is 4.96. The van der Waals surface area contributed by atoms with Crippen LogP contribution < -0.4 is 10.1 Å². The highest BCUT2D eigenvalue weighted by Crippen LogP contribution is 2.35. The molecule has 3 heteroatoms. The van der Waals surface area contributed by atoms with Gasteiger partial charge in [-0.1, -0.05) is 36.0 Å². The molecule has 2 aromatic rings. The zero-order valence-electron chi connectivity index (χ0n) is 12.1. The molecule has 0 saturated heterocycles. The van der Waals surface area contributed by atoms with Crippen molar-refractivity contribution in [3.05, 3.63) is 60.2 Å². The summed E-state index contributed by atoms with van der Waals surface area (Å²) in [6.45, 7) is 2.03. The summed E-state index contributed by atoms with van der Waals surface area (Å²) in [4.78, 5) is 2.55. The Hall–Kier alpha value is -1.71. The van der Waals surface area contributed by atoms with Crippen LogP contribution in [0.25, 0.3) is 5.57 Å². The Morgan fingerprint density at radius 1 is 1.05 bits per heavy atom. The van der Waals surface area contributed by atoms with Gasteiger partial charge < -0.3 is 10.1 Å². The highest BCUT2D eigenvalue weighted by molar-refractivity contribution is 7.99. The minimum Gasteiger partial charge on any atom is -0.497 e. The minimum atomic E-state index is 0.897. The molecule has 0 spiro atoms. The van der Waals surface area contributed by atoms with Crippen LogP contribution in [0.4, 0.5) is 0 Å². The first-order valence-electron chi connectivity index (χ1n) is 7.18. The third kappa shape index (κ3) is 3.49. The highest BCUT2D eigenvalue weighted by Gasteiger charge is 2.10. The van der Waals surface area contributed by atoms with Crippen molar-refractivity contribution in [2.24, 2.45) is 0 Å². The van der Waals surface area contributed by atoms with E-state index < -0.39 is 0 Å². The van der Waals surface area contributed by atoms with Gasteiger partial charge in [-0.3, -0.25) is 0 Å².